The third-order valence-electron chi connectivity index (χ3n) is 3.43. The molecule has 25 heavy (non-hydrogen) atoms. The topological polar surface area (TPSA) is 88.5 Å². The highest BCUT2D eigenvalue weighted by atomic mass is 32.2. The maximum Gasteiger partial charge on any atom is 0.236 e. The smallest absolute Gasteiger partial charge is 0.236 e. The monoisotopic (exact) mass is 356 g/mol. The van der Waals surface area contributed by atoms with Gasteiger partial charge in [0.1, 0.15) is 11.6 Å². The van der Waals surface area contributed by atoms with Gasteiger partial charge in [-0.05, 0) is 25.5 Å². The maximum atomic E-state index is 12.3. The maximum absolute atomic E-state index is 12.3. The molecule has 7 nitrogen and oxygen atoms in total. The first-order valence-electron chi connectivity index (χ1n) is 8.11. The van der Waals surface area contributed by atoms with Gasteiger partial charge in [0.25, 0.3) is 0 Å². The van der Waals surface area contributed by atoms with E-state index in [1.54, 1.807) is 4.68 Å². The van der Waals surface area contributed by atoms with E-state index in [9.17, 15) is 4.79 Å². The van der Waals surface area contributed by atoms with E-state index in [1.807, 2.05) is 43.3 Å². The third-order valence-corrected chi connectivity index (χ3v) is 4.28. The summed E-state index contributed by atoms with van der Waals surface area (Å²) in [6.07, 6.45) is 1.86. The number of nitrogens with zero attached hydrogens (tertiary/aromatic N) is 4. The number of aromatic amines is 1. The number of anilines is 1. The predicted molar refractivity (Wildman–Crippen MR) is 98.0 cm³/mol. The molecular weight excluding hydrogens is 336 g/mol. The van der Waals surface area contributed by atoms with Crippen LogP contribution in [-0.4, -0.2) is 36.6 Å². The fraction of sp³-hybridized carbons (Fsp3) is 0.294. The van der Waals surface area contributed by atoms with Crippen molar-refractivity contribution >= 4 is 23.5 Å². The van der Waals surface area contributed by atoms with Crippen LogP contribution < -0.4 is 5.32 Å². The Labute approximate surface area is 150 Å². The number of hydrogen-bond donors (Lipinski definition) is 2. The van der Waals surface area contributed by atoms with Gasteiger partial charge in [0.05, 0.1) is 17.1 Å². The van der Waals surface area contributed by atoms with Gasteiger partial charge in [0, 0.05) is 12.5 Å². The predicted octanol–water partition coefficient (Wildman–Crippen LogP) is 2.98. The van der Waals surface area contributed by atoms with Gasteiger partial charge in [-0.1, -0.05) is 36.9 Å². The molecule has 0 unspecified atom stereocenters. The lowest BCUT2D eigenvalue weighted by Crippen LogP contribution is -2.17. The van der Waals surface area contributed by atoms with Crippen molar-refractivity contribution < 1.29 is 4.79 Å². The summed E-state index contributed by atoms with van der Waals surface area (Å²) in [6, 6.07) is 11.6. The number of para-hydroxylation sites is 1. The van der Waals surface area contributed by atoms with E-state index in [-0.39, 0.29) is 11.7 Å². The van der Waals surface area contributed by atoms with Crippen LogP contribution in [0.5, 0.6) is 0 Å². The number of aryl methyl sites for hydroxylation is 2. The van der Waals surface area contributed by atoms with Gasteiger partial charge in [-0.25, -0.2) is 9.67 Å². The lowest BCUT2D eigenvalue weighted by Gasteiger charge is -2.08. The van der Waals surface area contributed by atoms with E-state index in [0.29, 0.717) is 11.0 Å². The summed E-state index contributed by atoms with van der Waals surface area (Å²) in [5.41, 5.74) is 1.74. The van der Waals surface area contributed by atoms with E-state index < -0.39 is 0 Å². The van der Waals surface area contributed by atoms with Crippen molar-refractivity contribution in [3.05, 3.63) is 47.9 Å². The Morgan fingerprint density at radius 1 is 1.32 bits per heavy atom. The molecule has 0 bridgehead atoms. The van der Waals surface area contributed by atoms with E-state index in [0.717, 1.165) is 30.0 Å². The number of carbonyl (C=O) groups excluding carboxylic acids is 1. The Kier molecular flexibility index (Phi) is 5.49. The van der Waals surface area contributed by atoms with Crippen LogP contribution in [0.15, 0.2) is 41.6 Å². The van der Waals surface area contributed by atoms with Crippen LogP contribution >= 0.6 is 11.8 Å². The van der Waals surface area contributed by atoms with Crippen LogP contribution in [-0.2, 0) is 11.2 Å². The largest absolute Gasteiger partial charge is 0.310 e. The minimum atomic E-state index is -0.121. The summed E-state index contributed by atoms with van der Waals surface area (Å²) in [4.78, 5) is 16.6. The van der Waals surface area contributed by atoms with Crippen molar-refractivity contribution in [3.63, 3.8) is 0 Å². The Morgan fingerprint density at radius 3 is 2.88 bits per heavy atom. The van der Waals surface area contributed by atoms with Gasteiger partial charge in [0.15, 0.2) is 0 Å². The number of amides is 1. The standard InChI is InChI=1S/C17H20N6OS/c1-3-7-14-18-17(21-20-14)25-11-16(24)19-15-10-12(2)22-23(15)13-8-5-4-6-9-13/h4-6,8-10H,3,7,11H2,1-2H3,(H,19,24)(H,18,20,21). The van der Waals surface area contributed by atoms with Crippen molar-refractivity contribution in [1.29, 1.82) is 0 Å². The summed E-state index contributed by atoms with van der Waals surface area (Å²) >= 11 is 1.31. The van der Waals surface area contributed by atoms with Crippen molar-refractivity contribution in [2.75, 3.05) is 11.1 Å². The molecule has 3 rings (SSSR count). The molecule has 1 amide bonds. The minimum absolute atomic E-state index is 0.121. The molecule has 0 atom stereocenters. The Morgan fingerprint density at radius 2 is 2.12 bits per heavy atom. The highest BCUT2D eigenvalue weighted by Crippen LogP contribution is 2.18. The summed E-state index contributed by atoms with van der Waals surface area (Å²) in [7, 11) is 0. The van der Waals surface area contributed by atoms with Crippen LogP contribution in [0.3, 0.4) is 0 Å². The fourth-order valence-corrected chi connectivity index (χ4v) is 2.97. The summed E-state index contributed by atoms with van der Waals surface area (Å²) in [5, 5.41) is 14.9. The molecule has 0 saturated heterocycles. The molecule has 1 aromatic carbocycles. The number of aromatic nitrogens is 5. The summed E-state index contributed by atoms with van der Waals surface area (Å²) in [5.74, 6) is 1.62. The van der Waals surface area contributed by atoms with Crippen molar-refractivity contribution in [1.82, 2.24) is 25.0 Å². The van der Waals surface area contributed by atoms with Crippen LogP contribution in [0.1, 0.15) is 24.9 Å². The number of carbonyl (C=O) groups is 1. The highest BCUT2D eigenvalue weighted by molar-refractivity contribution is 7.99. The molecular formula is C17H20N6OS. The third kappa shape index (κ3) is 4.48. The zero-order chi connectivity index (χ0) is 17.6. The molecule has 2 heterocycles. The summed E-state index contributed by atoms with van der Waals surface area (Å²) < 4.78 is 1.73. The second kappa shape index (κ2) is 7.98. The highest BCUT2D eigenvalue weighted by Gasteiger charge is 2.12. The molecule has 0 radical (unpaired) electrons. The van der Waals surface area contributed by atoms with Gasteiger partial charge in [-0.2, -0.15) is 5.10 Å². The molecule has 130 valence electrons. The average Bonchev–Trinajstić information content (AvgIpc) is 3.20. The van der Waals surface area contributed by atoms with E-state index in [1.165, 1.54) is 11.8 Å². The number of hydrogen-bond acceptors (Lipinski definition) is 5. The molecule has 2 aromatic heterocycles. The van der Waals surface area contributed by atoms with Crippen LogP contribution in [0.25, 0.3) is 5.69 Å². The first-order valence-corrected chi connectivity index (χ1v) is 9.10. The normalized spacial score (nSPS) is 10.8. The molecule has 3 aromatic rings. The SMILES string of the molecule is CCCc1nc(SCC(=O)Nc2cc(C)nn2-c2ccccc2)n[nH]1. The molecule has 8 heteroatoms. The van der Waals surface area contributed by atoms with Crippen molar-refractivity contribution in [3.8, 4) is 5.69 Å². The van der Waals surface area contributed by atoms with E-state index in [2.05, 4.69) is 32.5 Å². The summed E-state index contributed by atoms with van der Waals surface area (Å²) in [6.45, 7) is 3.98. The number of nitrogens with one attached hydrogen (secondary N) is 2. The first-order chi connectivity index (χ1) is 12.2. The van der Waals surface area contributed by atoms with E-state index in [4.69, 9.17) is 0 Å². The van der Waals surface area contributed by atoms with Crippen LogP contribution in [0.4, 0.5) is 5.82 Å². The van der Waals surface area contributed by atoms with Crippen molar-refractivity contribution in [2.24, 2.45) is 0 Å². The van der Waals surface area contributed by atoms with Gasteiger partial charge in [-0.3, -0.25) is 9.89 Å². The zero-order valence-corrected chi connectivity index (χ0v) is 15.0. The lowest BCUT2D eigenvalue weighted by atomic mass is 10.3. The van der Waals surface area contributed by atoms with Crippen molar-refractivity contribution in [2.45, 2.75) is 31.8 Å². The van der Waals surface area contributed by atoms with Gasteiger partial charge >= 0.3 is 0 Å². The molecule has 0 saturated carbocycles. The Hall–Kier alpha value is -2.61. The molecule has 0 aliphatic carbocycles. The van der Waals surface area contributed by atoms with Gasteiger partial charge in [-0.15, -0.1) is 5.10 Å². The quantitative estimate of drug-likeness (QED) is 0.635. The lowest BCUT2D eigenvalue weighted by molar-refractivity contribution is -0.113. The Bertz CT molecular complexity index is 842. The average molecular weight is 356 g/mol. The number of H-pyrrole nitrogens is 1. The molecule has 0 spiro atoms. The Balaban J connectivity index is 1.63. The van der Waals surface area contributed by atoms with Gasteiger partial charge < -0.3 is 5.32 Å². The van der Waals surface area contributed by atoms with Crippen LogP contribution in [0, 0.1) is 6.92 Å². The molecule has 0 aliphatic rings. The molecule has 0 aliphatic heterocycles. The molecule has 0 fully saturated rings. The van der Waals surface area contributed by atoms with Gasteiger partial charge in [0.2, 0.25) is 11.1 Å². The second-order valence-electron chi connectivity index (χ2n) is 5.57. The number of rotatable bonds is 7. The fourth-order valence-electron chi connectivity index (χ4n) is 2.35. The van der Waals surface area contributed by atoms with Crippen LogP contribution in [0.2, 0.25) is 0 Å². The number of benzene rings is 1. The zero-order valence-electron chi connectivity index (χ0n) is 14.2. The van der Waals surface area contributed by atoms with E-state index >= 15 is 0 Å². The second-order valence-corrected chi connectivity index (χ2v) is 6.51. The number of thioether (sulfide) groups is 1. The minimum Gasteiger partial charge on any atom is -0.310 e. The first kappa shape index (κ1) is 17.2. The molecule has 2 N–H and O–H groups in total.